The molecule has 5 nitrogen and oxygen atoms in total. The molecular weight excluding hydrogens is 268 g/mol. The molecule has 0 bridgehead atoms. The molecule has 1 unspecified atom stereocenters. The second kappa shape index (κ2) is 5.48. The first-order valence-electron chi connectivity index (χ1n) is 7.41. The molecule has 0 radical (unpaired) electrons. The highest BCUT2D eigenvalue weighted by molar-refractivity contribution is 5.90. The smallest absolute Gasteiger partial charge is 0.335 e. The van der Waals surface area contributed by atoms with Gasteiger partial charge in [-0.3, -0.25) is 4.79 Å². The highest BCUT2D eigenvalue weighted by atomic mass is 16.4. The Labute approximate surface area is 123 Å². The van der Waals surface area contributed by atoms with Gasteiger partial charge in [-0.25, -0.2) is 4.79 Å². The van der Waals surface area contributed by atoms with Crippen LogP contribution in [0.15, 0.2) is 18.2 Å². The Kier molecular flexibility index (Phi) is 3.68. The first kappa shape index (κ1) is 14.1. The van der Waals surface area contributed by atoms with Gasteiger partial charge in [-0.1, -0.05) is 19.1 Å². The molecule has 1 aromatic rings. The summed E-state index contributed by atoms with van der Waals surface area (Å²) in [5.74, 6) is -0.229. The van der Waals surface area contributed by atoms with E-state index in [0.29, 0.717) is 31.0 Å². The summed E-state index contributed by atoms with van der Waals surface area (Å²) in [7, 11) is 0. The molecule has 0 aliphatic carbocycles. The first-order valence-corrected chi connectivity index (χ1v) is 7.41. The lowest BCUT2D eigenvalue weighted by Gasteiger charge is -2.37. The lowest BCUT2D eigenvalue weighted by molar-refractivity contribution is -0.138. The van der Waals surface area contributed by atoms with Crippen molar-refractivity contribution < 1.29 is 14.7 Å². The fraction of sp³-hybridized carbons (Fsp3) is 0.500. The minimum absolute atomic E-state index is 0.0375. The number of hydrogen-bond donors (Lipinski definition) is 2. The molecule has 112 valence electrons. The van der Waals surface area contributed by atoms with Gasteiger partial charge in [0.25, 0.3) is 0 Å². The van der Waals surface area contributed by atoms with E-state index in [-0.39, 0.29) is 11.8 Å². The molecule has 2 heterocycles. The summed E-state index contributed by atoms with van der Waals surface area (Å²) in [5, 5.41) is 12.4. The number of aromatic carboxylic acids is 1. The van der Waals surface area contributed by atoms with Gasteiger partial charge in [0.1, 0.15) is 0 Å². The third kappa shape index (κ3) is 2.53. The monoisotopic (exact) mass is 288 g/mol. The zero-order chi connectivity index (χ0) is 15.0. The van der Waals surface area contributed by atoms with Crippen molar-refractivity contribution in [2.75, 3.05) is 19.6 Å². The summed E-state index contributed by atoms with van der Waals surface area (Å²) in [6, 6.07) is 5.33. The lowest BCUT2D eigenvalue weighted by Crippen LogP contribution is -2.51. The Morgan fingerprint density at radius 2 is 2.14 bits per heavy atom. The van der Waals surface area contributed by atoms with Gasteiger partial charge in [-0.2, -0.15) is 0 Å². The van der Waals surface area contributed by atoms with Gasteiger partial charge in [0, 0.05) is 19.0 Å². The van der Waals surface area contributed by atoms with Crippen molar-refractivity contribution in [2.45, 2.75) is 19.9 Å². The number of rotatable bonds is 3. The van der Waals surface area contributed by atoms with Crippen LogP contribution in [0.1, 0.15) is 28.4 Å². The van der Waals surface area contributed by atoms with Gasteiger partial charge in [0.2, 0.25) is 5.91 Å². The number of amides is 1. The van der Waals surface area contributed by atoms with Crippen LogP contribution in [-0.2, 0) is 17.8 Å². The number of carboxylic acids is 1. The number of nitrogens with one attached hydrogen (secondary N) is 1. The van der Waals surface area contributed by atoms with Gasteiger partial charge in [-0.15, -0.1) is 0 Å². The molecule has 2 aliphatic rings. The molecule has 2 N–H and O–H groups in total. The van der Waals surface area contributed by atoms with Gasteiger partial charge >= 0.3 is 5.97 Å². The minimum Gasteiger partial charge on any atom is -0.478 e. The molecule has 1 aromatic carbocycles. The fourth-order valence-electron chi connectivity index (χ4n) is 3.15. The Bertz CT molecular complexity index is 581. The Morgan fingerprint density at radius 3 is 2.76 bits per heavy atom. The molecule has 2 aliphatic heterocycles. The van der Waals surface area contributed by atoms with Crippen molar-refractivity contribution >= 4 is 11.9 Å². The van der Waals surface area contributed by atoms with Gasteiger partial charge in [0.05, 0.1) is 5.56 Å². The molecular formula is C16H20N2O3. The summed E-state index contributed by atoms with van der Waals surface area (Å²) >= 11 is 0. The van der Waals surface area contributed by atoms with Crippen LogP contribution in [0.2, 0.25) is 0 Å². The first-order chi connectivity index (χ1) is 10.1. The van der Waals surface area contributed by atoms with Crippen LogP contribution in [0.4, 0.5) is 0 Å². The molecule has 5 heteroatoms. The molecule has 1 atom stereocenters. The highest BCUT2D eigenvalue weighted by Gasteiger charge is 2.33. The molecule has 3 rings (SSSR count). The van der Waals surface area contributed by atoms with Crippen LogP contribution >= 0.6 is 0 Å². The van der Waals surface area contributed by atoms with Gasteiger partial charge in [0.15, 0.2) is 0 Å². The van der Waals surface area contributed by atoms with E-state index in [4.69, 9.17) is 0 Å². The average molecular weight is 288 g/mol. The van der Waals surface area contributed by atoms with Crippen molar-refractivity contribution in [1.82, 2.24) is 10.2 Å². The predicted molar refractivity (Wildman–Crippen MR) is 78.0 cm³/mol. The fourth-order valence-corrected chi connectivity index (χ4v) is 3.15. The standard InChI is InChI=1S/C16H20N2O3/c1-10(12-7-17-8-12)15(19)18-6-5-13-11(9-18)3-2-4-14(13)16(20)21/h2-4,10,12,17H,5-9H2,1H3,(H,20,21). The number of carbonyl (C=O) groups excluding carboxylic acids is 1. The lowest BCUT2D eigenvalue weighted by atomic mass is 9.87. The van der Waals surface area contributed by atoms with E-state index in [1.54, 1.807) is 12.1 Å². The maximum atomic E-state index is 12.5. The van der Waals surface area contributed by atoms with E-state index in [1.165, 1.54) is 0 Å². The van der Waals surface area contributed by atoms with Crippen molar-refractivity contribution in [1.29, 1.82) is 0 Å². The number of benzene rings is 1. The normalized spacial score (nSPS) is 19.6. The number of hydrogen-bond acceptors (Lipinski definition) is 3. The van der Waals surface area contributed by atoms with Gasteiger partial charge < -0.3 is 15.3 Å². The number of carboxylic acid groups (broad SMARTS) is 1. The molecule has 1 amide bonds. The van der Waals surface area contributed by atoms with Crippen molar-refractivity contribution in [3.05, 3.63) is 34.9 Å². The topological polar surface area (TPSA) is 69.6 Å². The largest absolute Gasteiger partial charge is 0.478 e. The predicted octanol–water partition coefficient (Wildman–Crippen LogP) is 1.12. The summed E-state index contributed by atoms with van der Waals surface area (Å²) in [4.78, 5) is 25.7. The van der Waals surface area contributed by atoms with Crippen LogP contribution in [0, 0.1) is 11.8 Å². The second-order valence-electron chi connectivity index (χ2n) is 5.97. The molecule has 0 saturated carbocycles. The van der Waals surface area contributed by atoms with E-state index in [2.05, 4.69) is 5.32 Å². The third-order valence-electron chi connectivity index (χ3n) is 4.72. The van der Waals surface area contributed by atoms with E-state index in [9.17, 15) is 14.7 Å². The highest BCUT2D eigenvalue weighted by Crippen LogP contribution is 2.26. The summed E-state index contributed by atoms with van der Waals surface area (Å²) in [6.07, 6.45) is 0.624. The zero-order valence-electron chi connectivity index (χ0n) is 12.1. The quantitative estimate of drug-likeness (QED) is 0.874. The van der Waals surface area contributed by atoms with E-state index >= 15 is 0 Å². The summed E-state index contributed by atoms with van der Waals surface area (Å²) in [6.45, 7) is 4.97. The zero-order valence-corrected chi connectivity index (χ0v) is 12.1. The van der Waals surface area contributed by atoms with Crippen LogP contribution in [0.5, 0.6) is 0 Å². The van der Waals surface area contributed by atoms with Crippen molar-refractivity contribution in [3.63, 3.8) is 0 Å². The van der Waals surface area contributed by atoms with Gasteiger partial charge in [-0.05, 0) is 42.6 Å². The minimum atomic E-state index is -0.888. The van der Waals surface area contributed by atoms with Crippen LogP contribution < -0.4 is 5.32 Å². The Morgan fingerprint density at radius 1 is 1.38 bits per heavy atom. The number of carbonyl (C=O) groups is 2. The van der Waals surface area contributed by atoms with Crippen LogP contribution in [0.25, 0.3) is 0 Å². The molecule has 1 fully saturated rings. The Hall–Kier alpha value is -1.88. The molecule has 0 spiro atoms. The van der Waals surface area contributed by atoms with Crippen molar-refractivity contribution in [3.8, 4) is 0 Å². The number of nitrogens with zero attached hydrogens (tertiary/aromatic N) is 1. The van der Waals surface area contributed by atoms with E-state index in [1.807, 2.05) is 17.9 Å². The SMILES string of the molecule is CC(C(=O)N1CCc2c(cccc2C(=O)O)C1)C1CNC1. The van der Waals surface area contributed by atoms with Crippen molar-refractivity contribution in [2.24, 2.45) is 11.8 Å². The van der Waals surface area contributed by atoms with Crippen LogP contribution in [-0.4, -0.2) is 41.5 Å². The van der Waals surface area contributed by atoms with E-state index < -0.39 is 5.97 Å². The number of fused-ring (bicyclic) bond motifs is 1. The third-order valence-corrected chi connectivity index (χ3v) is 4.72. The maximum absolute atomic E-state index is 12.5. The Balaban J connectivity index is 1.77. The summed E-state index contributed by atoms with van der Waals surface area (Å²) in [5.41, 5.74) is 2.22. The summed E-state index contributed by atoms with van der Waals surface area (Å²) < 4.78 is 0. The van der Waals surface area contributed by atoms with Crippen LogP contribution in [0.3, 0.4) is 0 Å². The molecule has 21 heavy (non-hydrogen) atoms. The van der Waals surface area contributed by atoms with E-state index in [0.717, 1.165) is 24.2 Å². The molecule has 1 saturated heterocycles. The molecule has 0 aromatic heterocycles. The second-order valence-corrected chi connectivity index (χ2v) is 5.97. The maximum Gasteiger partial charge on any atom is 0.335 e. The average Bonchev–Trinajstić information content (AvgIpc) is 2.43.